The second-order valence-electron chi connectivity index (χ2n) is 2.14. The molecule has 0 amide bonds. The minimum absolute atomic E-state index is 0.407. The van der Waals surface area contributed by atoms with Gasteiger partial charge < -0.3 is 10.4 Å². The predicted molar refractivity (Wildman–Crippen MR) is 42.5 cm³/mol. The van der Waals surface area contributed by atoms with Gasteiger partial charge >= 0.3 is 5.97 Å². The summed E-state index contributed by atoms with van der Waals surface area (Å²) in [6.07, 6.45) is 1.87. The number of carboxylic acid groups (broad SMARTS) is 1. The lowest BCUT2D eigenvalue weighted by atomic mass is 10.2. The molecule has 0 aromatic rings. The molecule has 66 valence electrons. The quantitative estimate of drug-likeness (QED) is 0.512. The van der Waals surface area contributed by atoms with Gasteiger partial charge in [0.05, 0.1) is 0 Å². The van der Waals surface area contributed by atoms with Gasteiger partial charge in [0.25, 0.3) is 0 Å². The lowest BCUT2D eigenvalue weighted by Crippen LogP contribution is -2.45. The summed E-state index contributed by atoms with van der Waals surface area (Å²) in [6.45, 7) is 0. The van der Waals surface area contributed by atoms with Gasteiger partial charge in [-0.15, -0.1) is 0 Å². The van der Waals surface area contributed by atoms with Crippen LogP contribution in [-0.2, 0) is 4.79 Å². The molecule has 6 heteroatoms. The third-order valence-corrected chi connectivity index (χ3v) is 1.93. The Morgan fingerprint density at radius 2 is 2.33 bits per heavy atom. The second-order valence-corrected chi connectivity index (χ2v) is 3.11. The molecule has 1 aliphatic heterocycles. The Morgan fingerprint density at radius 1 is 1.75 bits per heavy atom. The zero-order valence-corrected chi connectivity index (χ0v) is 7.16. The molecule has 0 radical (unpaired) electrons. The minimum Gasteiger partial charge on any atom is -0.478 e. The zero-order chi connectivity index (χ0) is 9.35. The molecule has 1 rings (SSSR count). The fraction of sp³-hybridized carbons (Fsp3) is 0.167. The highest BCUT2D eigenvalue weighted by atomic mass is 35.5. The van der Waals surface area contributed by atoms with Gasteiger partial charge in [-0.2, -0.15) is 0 Å². The Balaban J connectivity index is 2.94. The number of alkyl halides is 1. The highest BCUT2D eigenvalue weighted by Crippen LogP contribution is 2.25. The second kappa shape index (κ2) is 2.95. The molecule has 0 aliphatic carbocycles. The first-order chi connectivity index (χ1) is 5.46. The van der Waals surface area contributed by atoms with Crippen LogP contribution < -0.4 is 5.32 Å². The van der Waals surface area contributed by atoms with Crippen LogP contribution in [0.5, 0.6) is 0 Å². The summed E-state index contributed by atoms with van der Waals surface area (Å²) < 4.78 is 12.5. The highest BCUT2D eigenvalue weighted by molar-refractivity contribution is 6.37. The SMILES string of the molecule is O=C(O)C1(Cl)C=CC(F)=C(Cl)N1. The van der Waals surface area contributed by atoms with Crippen molar-refractivity contribution in [2.45, 2.75) is 5.00 Å². The summed E-state index contributed by atoms with van der Waals surface area (Å²) in [5, 5.41) is 10.2. The van der Waals surface area contributed by atoms with Crippen molar-refractivity contribution in [1.29, 1.82) is 0 Å². The van der Waals surface area contributed by atoms with Crippen LogP contribution in [-0.4, -0.2) is 16.1 Å². The van der Waals surface area contributed by atoms with E-state index < -0.39 is 22.0 Å². The fourth-order valence-corrected chi connectivity index (χ4v) is 1.06. The molecule has 0 fully saturated rings. The normalized spacial score (nSPS) is 28.6. The molecular weight excluding hydrogens is 208 g/mol. The molecule has 0 saturated heterocycles. The molecular formula is C6H4Cl2FNO2. The van der Waals surface area contributed by atoms with Crippen LogP contribution in [0.3, 0.4) is 0 Å². The summed E-state index contributed by atoms with van der Waals surface area (Å²) in [5.41, 5.74) is 0. The molecule has 1 heterocycles. The van der Waals surface area contributed by atoms with Gasteiger partial charge in [0.15, 0.2) is 5.83 Å². The van der Waals surface area contributed by atoms with Crippen LogP contribution in [0.2, 0.25) is 0 Å². The average Bonchev–Trinajstić information content (AvgIpc) is 1.97. The van der Waals surface area contributed by atoms with E-state index in [4.69, 9.17) is 28.3 Å². The fourth-order valence-electron chi connectivity index (χ4n) is 0.647. The van der Waals surface area contributed by atoms with Crippen molar-refractivity contribution in [3.8, 4) is 0 Å². The van der Waals surface area contributed by atoms with Crippen molar-refractivity contribution in [2.75, 3.05) is 0 Å². The summed E-state index contributed by atoms with van der Waals surface area (Å²) >= 11 is 10.8. The van der Waals surface area contributed by atoms with E-state index in [0.29, 0.717) is 0 Å². The van der Waals surface area contributed by atoms with Crippen molar-refractivity contribution in [2.24, 2.45) is 0 Å². The summed E-state index contributed by atoms with van der Waals surface area (Å²) in [7, 11) is 0. The Hall–Kier alpha value is -0.740. The summed E-state index contributed by atoms with van der Waals surface area (Å²) in [6, 6.07) is 0. The maximum absolute atomic E-state index is 12.5. The van der Waals surface area contributed by atoms with Crippen molar-refractivity contribution < 1.29 is 14.3 Å². The van der Waals surface area contributed by atoms with E-state index >= 15 is 0 Å². The zero-order valence-electron chi connectivity index (χ0n) is 5.64. The molecule has 0 spiro atoms. The first kappa shape index (κ1) is 9.35. The van der Waals surface area contributed by atoms with E-state index in [2.05, 4.69) is 5.32 Å². The Kier molecular flexibility index (Phi) is 2.30. The largest absolute Gasteiger partial charge is 0.478 e. The lowest BCUT2D eigenvalue weighted by molar-refractivity contribution is -0.139. The van der Waals surface area contributed by atoms with Gasteiger partial charge in [0.2, 0.25) is 5.00 Å². The van der Waals surface area contributed by atoms with Crippen molar-refractivity contribution in [1.82, 2.24) is 5.32 Å². The lowest BCUT2D eigenvalue weighted by Gasteiger charge is -2.23. The number of nitrogens with one attached hydrogen (secondary N) is 1. The molecule has 0 aromatic carbocycles. The number of carbonyl (C=O) groups is 1. The third-order valence-electron chi connectivity index (χ3n) is 1.27. The van der Waals surface area contributed by atoms with E-state index in [1.807, 2.05) is 0 Å². The van der Waals surface area contributed by atoms with Crippen LogP contribution in [0, 0.1) is 0 Å². The molecule has 3 nitrogen and oxygen atoms in total. The third kappa shape index (κ3) is 1.54. The molecule has 12 heavy (non-hydrogen) atoms. The van der Waals surface area contributed by atoms with Crippen LogP contribution in [0.15, 0.2) is 23.1 Å². The smallest absolute Gasteiger partial charge is 0.349 e. The first-order valence-electron chi connectivity index (χ1n) is 2.91. The minimum atomic E-state index is -1.84. The van der Waals surface area contributed by atoms with E-state index in [9.17, 15) is 9.18 Å². The van der Waals surface area contributed by atoms with Gasteiger partial charge in [-0.3, -0.25) is 0 Å². The molecule has 1 unspecified atom stereocenters. The van der Waals surface area contributed by atoms with Gasteiger partial charge in [-0.05, 0) is 12.2 Å². The van der Waals surface area contributed by atoms with Gasteiger partial charge in [0, 0.05) is 0 Å². The Labute approximate surface area is 77.5 Å². The van der Waals surface area contributed by atoms with Crippen molar-refractivity contribution in [3.63, 3.8) is 0 Å². The van der Waals surface area contributed by atoms with Gasteiger partial charge in [0.1, 0.15) is 5.16 Å². The van der Waals surface area contributed by atoms with E-state index in [-0.39, 0.29) is 0 Å². The van der Waals surface area contributed by atoms with Gasteiger partial charge in [-0.1, -0.05) is 23.2 Å². The number of carboxylic acids is 1. The number of aliphatic carboxylic acids is 1. The number of halogens is 3. The van der Waals surface area contributed by atoms with E-state index in [1.165, 1.54) is 0 Å². The maximum Gasteiger partial charge on any atom is 0.349 e. The molecule has 2 N–H and O–H groups in total. The topological polar surface area (TPSA) is 49.3 Å². The number of rotatable bonds is 1. The van der Waals surface area contributed by atoms with Crippen LogP contribution in [0.25, 0.3) is 0 Å². The molecule has 0 aromatic heterocycles. The summed E-state index contributed by atoms with van der Waals surface area (Å²) in [5.74, 6) is -2.08. The standard InChI is InChI=1S/C6H4Cl2FNO2/c7-4-3(9)1-2-6(8,10-4)5(11)12/h1-2,10H,(H,11,12). The van der Waals surface area contributed by atoms with Crippen molar-refractivity contribution >= 4 is 29.2 Å². The number of dihydropyridines is 1. The first-order valence-corrected chi connectivity index (χ1v) is 3.66. The highest BCUT2D eigenvalue weighted by Gasteiger charge is 2.36. The van der Waals surface area contributed by atoms with Crippen molar-refractivity contribution in [3.05, 3.63) is 23.1 Å². The number of allylic oxidation sites excluding steroid dienone is 2. The molecule has 0 saturated carbocycles. The predicted octanol–water partition coefficient (Wildman–Crippen LogP) is 1.54. The van der Waals surface area contributed by atoms with Crippen LogP contribution in [0.1, 0.15) is 0 Å². The molecule has 0 bridgehead atoms. The molecule has 1 aliphatic rings. The Morgan fingerprint density at radius 3 is 2.75 bits per heavy atom. The number of hydrogen-bond acceptors (Lipinski definition) is 2. The Bertz CT molecular complexity index is 289. The monoisotopic (exact) mass is 211 g/mol. The van der Waals surface area contributed by atoms with E-state index in [1.54, 1.807) is 0 Å². The molecule has 1 atom stereocenters. The average molecular weight is 212 g/mol. The van der Waals surface area contributed by atoms with Gasteiger partial charge in [-0.25, -0.2) is 9.18 Å². The van der Waals surface area contributed by atoms with E-state index in [0.717, 1.165) is 12.2 Å². The van der Waals surface area contributed by atoms with Crippen LogP contribution >= 0.6 is 23.2 Å². The van der Waals surface area contributed by atoms with Crippen LogP contribution in [0.4, 0.5) is 4.39 Å². The maximum atomic E-state index is 12.5. The number of hydrogen-bond donors (Lipinski definition) is 2. The summed E-state index contributed by atoms with van der Waals surface area (Å²) in [4.78, 5) is 8.64.